The van der Waals surface area contributed by atoms with Crippen LogP contribution >= 0.6 is 21.6 Å². The smallest absolute Gasteiger partial charge is 0.102 e. The Morgan fingerprint density at radius 3 is 2.76 bits per heavy atom. The van der Waals surface area contributed by atoms with Crippen molar-refractivity contribution in [1.82, 2.24) is 0 Å². The van der Waals surface area contributed by atoms with Crippen LogP contribution in [0.3, 0.4) is 0 Å². The van der Waals surface area contributed by atoms with Gasteiger partial charge in [-0.25, -0.2) is 0 Å². The highest BCUT2D eigenvalue weighted by atomic mass is 33.1. The van der Waals surface area contributed by atoms with Crippen molar-refractivity contribution in [3.05, 3.63) is 11.1 Å². The first-order chi connectivity index (χ1) is 7.99. The number of aliphatic imine (C=N–C) groups is 1. The zero-order valence-corrected chi connectivity index (χ0v) is 12.9. The van der Waals surface area contributed by atoms with Gasteiger partial charge in [0.05, 0.1) is 6.10 Å². The number of hydrogen-bond acceptors (Lipinski definition) is 4. The van der Waals surface area contributed by atoms with Crippen LogP contribution in [0, 0.1) is 0 Å². The van der Waals surface area contributed by atoms with E-state index in [1.54, 1.807) is 10.8 Å². The summed E-state index contributed by atoms with van der Waals surface area (Å²) in [5.41, 5.74) is 0. The minimum Gasteiger partial charge on any atom is -0.379 e. The fraction of sp³-hybridized carbons (Fsp3) is 0.769. The van der Waals surface area contributed by atoms with Gasteiger partial charge >= 0.3 is 0 Å². The van der Waals surface area contributed by atoms with Gasteiger partial charge in [0.15, 0.2) is 0 Å². The number of ether oxygens (including phenoxy) is 1. The zero-order valence-electron chi connectivity index (χ0n) is 11.2. The highest BCUT2D eigenvalue weighted by molar-refractivity contribution is 8.78. The molecule has 0 bridgehead atoms. The molecule has 98 valence electrons. The van der Waals surface area contributed by atoms with Crippen molar-refractivity contribution in [2.24, 2.45) is 4.99 Å². The van der Waals surface area contributed by atoms with Gasteiger partial charge in [-0.1, -0.05) is 16.9 Å². The summed E-state index contributed by atoms with van der Waals surface area (Å²) < 4.78 is 5.83. The molecule has 0 aromatic rings. The van der Waals surface area contributed by atoms with Gasteiger partial charge in [-0.15, -0.1) is 0 Å². The van der Waals surface area contributed by atoms with Gasteiger partial charge in [-0.3, -0.25) is 4.99 Å². The van der Waals surface area contributed by atoms with Crippen LogP contribution in [0.4, 0.5) is 0 Å². The lowest BCUT2D eigenvalue weighted by atomic mass is 10.1. The van der Waals surface area contributed by atoms with Gasteiger partial charge < -0.3 is 4.74 Å². The van der Waals surface area contributed by atoms with Crippen molar-refractivity contribution in [3.63, 3.8) is 0 Å². The molecule has 0 fully saturated rings. The lowest BCUT2D eigenvalue weighted by Crippen LogP contribution is -2.18. The molecule has 0 aromatic carbocycles. The number of hydrogen-bond donors (Lipinski definition) is 0. The van der Waals surface area contributed by atoms with E-state index in [9.17, 15) is 0 Å². The Labute approximate surface area is 113 Å². The molecule has 1 aliphatic rings. The molecule has 17 heavy (non-hydrogen) atoms. The van der Waals surface area contributed by atoms with Crippen molar-refractivity contribution < 1.29 is 4.74 Å². The molecule has 0 saturated heterocycles. The van der Waals surface area contributed by atoms with Gasteiger partial charge in [0, 0.05) is 17.6 Å². The Balaban J connectivity index is 2.23. The third kappa shape index (κ3) is 7.17. The third-order valence-electron chi connectivity index (χ3n) is 2.34. The molecule has 1 rings (SSSR count). The first-order valence-corrected chi connectivity index (χ1v) is 8.34. The summed E-state index contributed by atoms with van der Waals surface area (Å²) in [5.74, 6) is 0. The molecule has 0 radical (unpaired) electrons. The largest absolute Gasteiger partial charge is 0.379 e. The van der Waals surface area contributed by atoms with Crippen LogP contribution in [0.2, 0.25) is 0 Å². The predicted molar refractivity (Wildman–Crippen MR) is 80.8 cm³/mol. The Bertz CT molecular complexity index is 285. The molecule has 0 N–H and O–H groups in total. The average Bonchev–Trinajstić information content (AvgIpc) is 2.27. The van der Waals surface area contributed by atoms with E-state index < -0.39 is 0 Å². The highest BCUT2D eigenvalue weighted by Gasteiger charge is 2.20. The van der Waals surface area contributed by atoms with Gasteiger partial charge in [-0.05, 0) is 57.8 Å². The van der Waals surface area contributed by atoms with Crippen molar-refractivity contribution >= 4 is 27.8 Å². The zero-order chi connectivity index (χ0) is 12.7. The minimum atomic E-state index is 0.230. The Kier molecular flexibility index (Phi) is 6.67. The van der Waals surface area contributed by atoms with Crippen molar-refractivity contribution in [1.29, 1.82) is 0 Å². The summed E-state index contributed by atoms with van der Waals surface area (Å²) in [4.78, 5) is 4.39. The van der Waals surface area contributed by atoms with Gasteiger partial charge in [0.1, 0.15) is 5.03 Å². The topological polar surface area (TPSA) is 21.6 Å². The molecule has 0 aromatic heterocycles. The van der Waals surface area contributed by atoms with E-state index in [0.717, 1.165) is 30.9 Å². The molecule has 4 heteroatoms. The molecule has 0 aliphatic carbocycles. The van der Waals surface area contributed by atoms with E-state index in [4.69, 9.17) is 4.74 Å². The molecule has 0 spiro atoms. The average molecular weight is 273 g/mol. The van der Waals surface area contributed by atoms with Crippen LogP contribution < -0.4 is 0 Å². The third-order valence-corrected chi connectivity index (χ3v) is 5.64. The molecule has 1 aliphatic heterocycles. The van der Waals surface area contributed by atoms with Crippen LogP contribution in [-0.4, -0.2) is 23.7 Å². The van der Waals surface area contributed by atoms with Crippen LogP contribution in [0.5, 0.6) is 0 Å². The van der Waals surface area contributed by atoms with E-state index in [2.05, 4.69) is 38.8 Å². The fourth-order valence-electron chi connectivity index (χ4n) is 1.28. The summed E-state index contributed by atoms with van der Waals surface area (Å²) in [7, 11) is 3.68. The quantitative estimate of drug-likeness (QED) is 0.629. The van der Waals surface area contributed by atoms with Crippen molar-refractivity contribution in [3.8, 4) is 0 Å². The minimum absolute atomic E-state index is 0.230. The van der Waals surface area contributed by atoms with Crippen LogP contribution in [0.15, 0.2) is 16.1 Å². The maximum atomic E-state index is 5.60. The summed E-state index contributed by atoms with van der Waals surface area (Å²) in [6.07, 6.45) is 7.84. The van der Waals surface area contributed by atoms with E-state index in [-0.39, 0.29) is 4.75 Å². The second-order valence-electron chi connectivity index (χ2n) is 5.03. The standard InChI is InChI=1S/C13H23NOS2/c1-11(2)15-10-8-13(3,4)17-16-12-7-5-6-9-14-12/h7,9,11H,5-6,8,10H2,1-4H3. The number of rotatable bonds is 7. The molecular formula is C13H23NOS2. The van der Waals surface area contributed by atoms with E-state index in [1.165, 1.54) is 0 Å². The first-order valence-electron chi connectivity index (χ1n) is 6.19. The molecule has 0 amide bonds. The fourth-order valence-corrected chi connectivity index (χ4v) is 3.58. The maximum Gasteiger partial charge on any atom is 0.102 e. The summed E-state index contributed by atoms with van der Waals surface area (Å²) in [6.45, 7) is 9.52. The summed E-state index contributed by atoms with van der Waals surface area (Å²) >= 11 is 0. The normalized spacial score (nSPS) is 16.4. The SMILES string of the molecule is CC(C)OCCC(C)(C)SSC1=CCCC=N1. The lowest BCUT2D eigenvalue weighted by molar-refractivity contribution is 0.0734. The van der Waals surface area contributed by atoms with Crippen molar-refractivity contribution in [2.75, 3.05) is 6.61 Å². The number of allylic oxidation sites excluding steroid dienone is 1. The van der Waals surface area contributed by atoms with E-state index >= 15 is 0 Å². The maximum absolute atomic E-state index is 5.60. The van der Waals surface area contributed by atoms with Crippen LogP contribution in [-0.2, 0) is 4.74 Å². The van der Waals surface area contributed by atoms with E-state index in [1.807, 2.05) is 17.0 Å². The van der Waals surface area contributed by atoms with Crippen LogP contribution in [0.25, 0.3) is 0 Å². The van der Waals surface area contributed by atoms with Gasteiger partial charge in [0.25, 0.3) is 0 Å². The Morgan fingerprint density at radius 1 is 1.41 bits per heavy atom. The van der Waals surface area contributed by atoms with E-state index in [0.29, 0.717) is 6.10 Å². The Hall–Kier alpha value is 0.0700. The molecule has 0 saturated carbocycles. The predicted octanol–water partition coefficient (Wildman–Crippen LogP) is 4.67. The second kappa shape index (κ2) is 7.49. The summed E-state index contributed by atoms with van der Waals surface area (Å²) in [6, 6.07) is 0. The highest BCUT2D eigenvalue weighted by Crippen LogP contribution is 2.43. The molecule has 2 nitrogen and oxygen atoms in total. The monoisotopic (exact) mass is 273 g/mol. The van der Waals surface area contributed by atoms with Crippen molar-refractivity contribution in [2.45, 2.75) is 57.8 Å². The molecule has 1 heterocycles. The summed E-state index contributed by atoms with van der Waals surface area (Å²) in [5, 5.41) is 1.15. The first kappa shape index (κ1) is 15.1. The van der Waals surface area contributed by atoms with Gasteiger partial charge in [0.2, 0.25) is 0 Å². The molecule has 0 atom stereocenters. The van der Waals surface area contributed by atoms with Gasteiger partial charge in [-0.2, -0.15) is 0 Å². The molecular weight excluding hydrogens is 250 g/mol. The molecule has 0 unspecified atom stereocenters. The lowest BCUT2D eigenvalue weighted by Gasteiger charge is -2.23. The number of nitrogens with zero attached hydrogens (tertiary/aromatic N) is 1. The van der Waals surface area contributed by atoms with Crippen LogP contribution in [0.1, 0.15) is 47.0 Å². The second-order valence-corrected chi connectivity index (χ2v) is 7.88. The Morgan fingerprint density at radius 2 is 2.18 bits per heavy atom.